The Morgan fingerprint density at radius 3 is 2.60 bits per heavy atom. The third-order valence-corrected chi connectivity index (χ3v) is 4.47. The van der Waals surface area contributed by atoms with E-state index < -0.39 is 0 Å². The quantitative estimate of drug-likeness (QED) is 0.895. The van der Waals surface area contributed by atoms with Gasteiger partial charge in [-0.15, -0.1) is 0 Å². The van der Waals surface area contributed by atoms with Crippen LogP contribution in [0.1, 0.15) is 35.7 Å². The molecule has 25 heavy (non-hydrogen) atoms. The van der Waals surface area contributed by atoms with Gasteiger partial charge in [-0.05, 0) is 43.5 Å². The molecule has 0 bridgehead atoms. The molecule has 1 aromatic heterocycles. The van der Waals surface area contributed by atoms with Crippen LogP contribution in [0.5, 0.6) is 0 Å². The van der Waals surface area contributed by atoms with Crippen molar-refractivity contribution in [3.8, 4) is 0 Å². The van der Waals surface area contributed by atoms with E-state index in [9.17, 15) is 9.59 Å². The van der Waals surface area contributed by atoms with Crippen molar-refractivity contribution in [3.05, 3.63) is 47.9 Å². The normalized spacial score (nSPS) is 15.0. The van der Waals surface area contributed by atoms with E-state index in [1.165, 1.54) is 19.5 Å². The molecule has 0 radical (unpaired) electrons. The Morgan fingerprint density at radius 1 is 1.20 bits per heavy atom. The molecule has 2 heterocycles. The van der Waals surface area contributed by atoms with Crippen molar-refractivity contribution in [3.63, 3.8) is 0 Å². The molecule has 3 rings (SSSR count). The highest BCUT2D eigenvalue weighted by Gasteiger charge is 2.24. The van der Waals surface area contributed by atoms with Crippen molar-refractivity contribution in [2.75, 3.05) is 23.7 Å². The summed E-state index contributed by atoms with van der Waals surface area (Å²) in [4.78, 5) is 25.5. The largest absolute Gasteiger partial charge is 0.472 e. The minimum atomic E-state index is -0.0775. The summed E-state index contributed by atoms with van der Waals surface area (Å²) in [6.45, 7) is 4.90. The first-order valence-corrected chi connectivity index (χ1v) is 8.49. The zero-order valence-corrected chi connectivity index (χ0v) is 14.5. The number of piperidine rings is 1. The molecule has 0 unspecified atom stereocenters. The second-order valence-electron chi connectivity index (χ2n) is 6.43. The number of aryl methyl sites for hydroxylation is 1. The fraction of sp³-hybridized carbons (Fsp3) is 0.368. The summed E-state index contributed by atoms with van der Waals surface area (Å²) in [6, 6.07) is 7.97. The van der Waals surface area contributed by atoms with Crippen LogP contribution in [0.15, 0.2) is 41.2 Å². The Hall–Kier alpha value is -2.76. The summed E-state index contributed by atoms with van der Waals surface area (Å²) in [5, 5.41) is 6.36. The standard InChI is InChI=1S/C19H23N3O3/c1-13-3-4-17(11-18(13)20-14(2)23)21-16-5-8-22(9-6-16)19(24)15-7-10-25-12-15/h3-4,7,10-12,16,21H,5-6,8-9H2,1-2H3,(H,20,23). The molecule has 2 aromatic rings. The Balaban J connectivity index is 1.57. The topological polar surface area (TPSA) is 74.6 Å². The predicted octanol–water partition coefficient (Wildman–Crippen LogP) is 3.26. The van der Waals surface area contributed by atoms with Crippen LogP contribution in [0, 0.1) is 6.92 Å². The zero-order valence-electron chi connectivity index (χ0n) is 14.5. The average molecular weight is 341 g/mol. The van der Waals surface area contributed by atoms with Crippen LogP contribution in [-0.4, -0.2) is 35.8 Å². The molecule has 1 saturated heterocycles. The van der Waals surface area contributed by atoms with Gasteiger partial charge in [0.25, 0.3) is 5.91 Å². The van der Waals surface area contributed by atoms with E-state index in [-0.39, 0.29) is 11.8 Å². The number of anilines is 2. The Kier molecular flexibility index (Phi) is 5.07. The second-order valence-corrected chi connectivity index (χ2v) is 6.43. The number of amides is 2. The Bertz CT molecular complexity index is 747. The number of likely N-dealkylation sites (tertiary alicyclic amines) is 1. The van der Waals surface area contributed by atoms with Crippen molar-refractivity contribution in [1.82, 2.24) is 4.90 Å². The third-order valence-electron chi connectivity index (χ3n) is 4.47. The van der Waals surface area contributed by atoms with Crippen LogP contribution in [-0.2, 0) is 4.79 Å². The van der Waals surface area contributed by atoms with Crippen LogP contribution < -0.4 is 10.6 Å². The molecule has 6 heteroatoms. The van der Waals surface area contributed by atoms with E-state index >= 15 is 0 Å². The summed E-state index contributed by atoms with van der Waals surface area (Å²) in [5.41, 5.74) is 3.44. The maximum atomic E-state index is 12.3. The molecule has 1 fully saturated rings. The van der Waals surface area contributed by atoms with E-state index in [1.807, 2.05) is 30.0 Å². The van der Waals surface area contributed by atoms with Gasteiger partial charge in [-0.3, -0.25) is 9.59 Å². The van der Waals surface area contributed by atoms with Gasteiger partial charge in [0.2, 0.25) is 5.91 Å². The number of carbonyl (C=O) groups is 2. The van der Waals surface area contributed by atoms with Crippen molar-refractivity contribution < 1.29 is 14.0 Å². The molecule has 0 aliphatic carbocycles. The molecular formula is C19H23N3O3. The number of nitrogens with zero attached hydrogens (tertiary/aromatic N) is 1. The van der Waals surface area contributed by atoms with Gasteiger partial charge in [0.15, 0.2) is 0 Å². The smallest absolute Gasteiger partial charge is 0.257 e. The maximum absolute atomic E-state index is 12.3. The molecular weight excluding hydrogens is 318 g/mol. The lowest BCUT2D eigenvalue weighted by molar-refractivity contribution is -0.114. The summed E-state index contributed by atoms with van der Waals surface area (Å²) in [7, 11) is 0. The molecule has 132 valence electrons. The summed E-state index contributed by atoms with van der Waals surface area (Å²) < 4.78 is 4.99. The first-order chi connectivity index (χ1) is 12.0. The highest BCUT2D eigenvalue weighted by atomic mass is 16.3. The highest BCUT2D eigenvalue weighted by molar-refractivity contribution is 5.94. The van der Waals surface area contributed by atoms with Gasteiger partial charge in [0, 0.05) is 37.4 Å². The van der Waals surface area contributed by atoms with Gasteiger partial charge in [-0.1, -0.05) is 6.07 Å². The number of hydrogen-bond donors (Lipinski definition) is 2. The van der Waals surface area contributed by atoms with E-state index in [1.54, 1.807) is 6.07 Å². The van der Waals surface area contributed by atoms with Crippen molar-refractivity contribution in [2.45, 2.75) is 32.7 Å². The maximum Gasteiger partial charge on any atom is 0.257 e. The van der Waals surface area contributed by atoms with Crippen LogP contribution >= 0.6 is 0 Å². The van der Waals surface area contributed by atoms with Crippen molar-refractivity contribution >= 4 is 23.2 Å². The monoisotopic (exact) mass is 341 g/mol. The number of benzene rings is 1. The highest BCUT2D eigenvalue weighted by Crippen LogP contribution is 2.23. The molecule has 0 spiro atoms. The van der Waals surface area contributed by atoms with E-state index in [0.29, 0.717) is 24.7 Å². The molecule has 0 atom stereocenters. The average Bonchev–Trinajstić information content (AvgIpc) is 3.12. The van der Waals surface area contributed by atoms with Crippen molar-refractivity contribution in [2.24, 2.45) is 0 Å². The van der Waals surface area contributed by atoms with E-state index in [2.05, 4.69) is 10.6 Å². The van der Waals surface area contributed by atoms with Crippen LogP contribution in [0.25, 0.3) is 0 Å². The number of rotatable bonds is 4. The molecule has 1 aliphatic rings. The van der Waals surface area contributed by atoms with Gasteiger partial charge in [-0.2, -0.15) is 0 Å². The van der Waals surface area contributed by atoms with Gasteiger partial charge in [-0.25, -0.2) is 0 Å². The fourth-order valence-corrected chi connectivity index (χ4v) is 3.07. The van der Waals surface area contributed by atoms with Gasteiger partial charge in [0.1, 0.15) is 6.26 Å². The second kappa shape index (κ2) is 7.42. The lowest BCUT2D eigenvalue weighted by Crippen LogP contribution is -2.42. The van der Waals surface area contributed by atoms with Gasteiger partial charge >= 0.3 is 0 Å². The molecule has 6 nitrogen and oxygen atoms in total. The fourth-order valence-electron chi connectivity index (χ4n) is 3.07. The predicted molar refractivity (Wildman–Crippen MR) is 96.7 cm³/mol. The van der Waals surface area contributed by atoms with Gasteiger partial charge < -0.3 is 20.0 Å². The summed E-state index contributed by atoms with van der Waals surface area (Å²) in [6.07, 6.45) is 4.77. The third kappa shape index (κ3) is 4.21. The Morgan fingerprint density at radius 2 is 1.96 bits per heavy atom. The number of furan rings is 1. The van der Waals surface area contributed by atoms with Crippen LogP contribution in [0.4, 0.5) is 11.4 Å². The first-order valence-electron chi connectivity index (χ1n) is 8.49. The van der Waals surface area contributed by atoms with Gasteiger partial charge in [0.05, 0.1) is 11.8 Å². The molecule has 0 saturated carbocycles. The lowest BCUT2D eigenvalue weighted by atomic mass is 10.0. The first kappa shape index (κ1) is 17.1. The summed E-state index contributed by atoms with van der Waals surface area (Å²) in [5.74, 6) is -0.0539. The van der Waals surface area contributed by atoms with Crippen LogP contribution in [0.2, 0.25) is 0 Å². The molecule has 1 aliphatic heterocycles. The molecule has 2 N–H and O–H groups in total. The lowest BCUT2D eigenvalue weighted by Gasteiger charge is -2.32. The minimum absolute atomic E-state index is 0.0236. The summed E-state index contributed by atoms with van der Waals surface area (Å²) >= 11 is 0. The number of nitrogens with one attached hydrogen (secondary N) is 2. The van der Waals surface area contributed by atoms with E-state index in [0.717, 1.165) is 29.8 Å². The number of carbonyl (C=O) groups excluding carboxylic acids is 2. The Labute approximate surface area is 147 Å². The number of hydrogen-bond acceptors (Lipinski definition) is 4. The molecule has 1 aromatic carbocycles. The van der Waals surface area contributed by atoms with Crippen molar-refractivity contribution in [1.29, 1.82) is 0 Å². The SMILES string of the molecule is CC(=O)Nc1cc(NC2CCN(C(=O)c3ccoc3)CC2)ccc1C. The molecule has 2 amide bonds. The minimum Gasteiger partial charge on any atom is -0.472 e. The van der Waals surface area contributed by atoms with E-state index in [4.69, 9.17) is 4.42 Å². The van der Waals surface area contributed by atoms with Crippen LogP contribution in [0.3, 0.4) is 0 Å². The zero-order chi connectivity index (χ0) is 17.8.